The molecule has 20 heavy (non-hydrogen) atoms. The van der Waals surface area contributed by atoms with Crippen molar-refractivity contribution in [1.82, 2.24) is 19.8 Å². The molecule has 2 aromatic rings. The molecule has 1 fully saturated rings. The van der Waals surface area contributed by atoms with Crippen LogP contribution in [0.1, 0.15) is 18.4 Å². The molecule has 3 heterocycles. The van der Waals surface area contributed by atoms with Gasteiger partial charge in [-0.25, -0.2) is 4.52 Å². The van der Waals surface area contributed by atoms with Crippen LogP contribution in [0.4, 0.5) is 0 Å². The van der Waals surface area contributed by atoms with Crippen LogP contribution in [0.15, 0.2) is 30.6 Å². The Morgan fingerprint density at radius 3 is 3.25 bits per heavy atom. The minimum Gasteiger partial charge on any atom is -0.352 e. The standard InChI is InChI=1S/C15H20N4O/c1-18-7-4-5-12(11-18)15(20)16-9-13-10-17-19-8-3-2-6-14(13)19/h2-3,6,8,10,12H,4-5,7,9,11H2,1H3,(H,16,20)/t12-/m1/s1. The number of pyridine rings is 1. The number of amides is 1. The van der Waals surface area contributed by atoms with E-state index >= 15 is 0 Å². The summed E-state index contributed by atoms with van der Waals surface area (Å²) in [6.07, 6.45) is 5.83. The van der Waals surface area contributed by atoms with Crippen molar-refractivity contribution in [1.29, 1.82) is 0 Å². The van der Waals surface area contributed by atoms with Gasteiger partial charge in [-0.15, -0.1) is 0 Å². The number of nitrogens with one attached hydrogen (secondary N) is 1. The van der Waals surface area contributed by atoms with E-state index in [9.17, 15) is 4.79 Å². The molecule has 1 aliphatic heterocycles. The van der Waals surface area contributed by atoms with Gasteiger partial charge in [0.2, 0.25) is 5.91 Å². The topological polar surface area (TPSA) is 49.6 Å². The van der Waals surface area contributed by atoms with Crippen LogP contribution in [0.3, 0.4) is 0 Å². The molecule has 106 valence electrons. The van der Waals surface area contributed by atoms with Gasteiger partial charge in [-0.1, -0.05) is 6.07 Å². The number of aromatic nitrogens is 2. The molecule has 2 aromatic heterocycles. The SMILES string of the molecule is CN1CCC[C@@H](C(=O)NCc2cnn3ccccc23)C1. The van der Waals surface area contributed by atoms with Crippen molar-refractivity contribution in [3.63, 3.8) is 0 Å². The highest BCUT2D eigenvalue weighted by atomic mass is 16.1. The van der Waals surface area contributed by atoms with Crippen LogP contribution in [0, 0.1) is 5.92 Å². The van der Waals surface area contributed by atoms with E-state index < -0.39 is 0 Å². The van der Waals surface area contributed by atoms with Gasteiger partial charge in [0.1, 0.15) is 0 Å². The molecule has 1 amide bonds. The summed E-state index contributed by atoms with van der Waals surface area (Å²) in [5.74, 6) is 0.280. The maximum atomic E-state index is 12.2. The minimum atomic E-state index is 0.121. The van der Waals surface area contributed by atoms with Gasteiger partial charge in [-0.2, -0.15) is 5.10 Å². The van der Waals surface area contributed by atoms with E-state index in [0.717, 1.165) is 37.0 Å². The molecule has 1 aliphatic rings. The van der Waals surface area contributed by atoms with Crippen molar-refractivity contribution < 1.29 is 4.79 Å². The lowest BCUT2D eigenvalue weighted by Gasteiger charge is -2.28. The lowest BCUT2D eigenvalue weighted by molar-refractivity contribution is -0.126. The molecule has 0 saturated carbocycles. The Hall–Kier alpha value is -1.88. The highest BCUT2D eigenvalue weighted by Gasteiger charge is 2.23. The Kier molecular flexibility index (Phi) is 3.69. The molecular formula is C15H20N4O. The lowest BCUT2D eigenvalue weighted by Crippen LogP contribution is -2.41. The third-order valence-electron chi connectivity index (χ3n) is 3.95. The molecule has 0 radical (unpaired) electrons. The molecule has 0 bridgehead atoms. The normalized spacial score (nSPS) is 20.1. The fourth-order valence-electron chi connectivity index (χ4n) is 2.83. The molecule has 0 unspecified atom stereocenters. The Labute approximate surface area is 118 Å². The van der Waals surface area contributed by atoms with Crippen molar-refractivity contribution in [3.05, 3.63) is 36.2 Å². The summed E-state index contributed by atoms with van der Waals surface area (Å²) in [6, 6.07) is 5.95. The molecule has 3 rings (SSSR count). The van der Waals surface area contributed by atoms with Crippen molar-refractivity contribution in [2.45, 2.75) is 19.4 Å². The molecule has 1 N–H and O–H groups in total. The Morgan fingerprint density at radius 2 is 2.40 bits per heavy atom. The number of hydrogen-bond acceptors (Lipinski definition) is 3. The Balaban J connectivity index is 1.63. The number of carbonyl (C=O) groups is 1. The zero-order chi connectivity index (χ0) is 13.9. The number of carbonyl (C=O) groups excluding carboxylic acids is 1. The molecule has 0 spiro atoms. The van der Waals surface area contributed by atoms with E-state index in [4.69, 9.17) is 0 Å². The first-order valence-electron chi connectivity index (χ1n) is 7.11. The van der Waals surface area contributed by atoms with Gasteiger partial charge in [-0.3, -0.25) is 4.79 Å². The summed E-state index contributed by atoms with van der Waals surface area (Å²) >= 11 is 0. The second-order valence-corrected chi connectivity index (χ2v) is 5.52. The van der Waals surface area contributed by atoms with Crippen LogP contribution in [0.2, 0.25) is 0 Å². The maximum Gasteiger partial charge on any atom is 0.224 e. The molecular weight excluding hydrogens is 252 g/mol. The molecule has 5 heteroatoms. The molecule has 0 aromatic carbocycles. The molecule has 1 atom stereocenters. The molecule has 1 saturated heterocycles. The summed E-state index contributed by atoms with van der Waals surface area (Å²) in [5, 5.41) is 7.33. The third kappa shape index (κ3) is 2.67. The second-order valence-electron chi connectivity index (χ2n) is 5.52. The highest BCUT2D eigenvalue weighted by molar-refractivity contribution is 5.79. The van der Waals surface area contributed by atoms with E-state index in [1.165, 1.54) is 0 Å². The third-order valence-corrected chi connectivity index (χ3v) is 3.95. The Morgan fingerprint density at radius 1 is 1.50 bits per heavy atom. The summed E-state index contributed by atoms with van der Waals surface area (Å²) in [7, 11) is 2.07. The Bertz CT molecular complexity index is 607. The monoisotopic (exact) mass is 272 g/mol. The molecule has 0 aliphatic carbocycles. The van der Waals surface area contributed by atoms with Crippen LogP contribution in [-0.2, 0) is 11.3 Å². The number of piperidine rings is 1. The van der Waals surface area contributed by atoms with Gasteiger partial charge in [0.05, 0.1) is 17.6 Å². The van der Waals surface area contributed by atoms with Gasteiger partial charge in [0.15, 0.2) is 0 Å². The van der Waals surface area contributed by atoms with E-state index in [1.54, 1.807) is 0 Å². The fourth-order valence-corrected chi connectivity index (χ4v) is 2.83. The zero-order valence-corrected chi connectivity index (χ0v) is 11.7. The first-order chi connectivity index (χ1) is 9.74. The number of fused-ring (bicyclic) bond motifs is 1. The van der Waals surface area contributed by atoms with Gasteiger partial charge in [0.25, 0.3) is 0 Å². The van der Waals surface area contributed by atoms with Crippen LogP contribution < -0.4 is 5.32 Å². The van der Waals surface area contributed by atoms with Crippen LogP contribution in [0.25, 0.3) is 5.52 Å². The quantitative estimate of drug-likeness (QED) is 0.916. The summed E-state index contributed by atoms with van der Waals surface area (Å²) in [6.45, 7) is 2.50. The second kappa shape index (κ2) is 5.63. The van der Waals surface area contributed by atoms with E-state index in [1.807, 2.05) is 35.1 Å². The van der Waals surface area contributed by atoms with Crippen LogP contribution in [-0.4, -0.2) is 40.6 Å². The summed E-state index contributed by atoms with van der Waals surface area (Å²) < 4.78 is 1.83. The van der Waals surface area contributed by atoms with Crippen molar-refractivity contribution >= 4 is 11.4 Å². The average molecular weight is 272 g/mol. The van der Waals surface area contributed by atoms with Crippen LogP contribution in [0.5, 0.6) is 0 Å². The predicted octanol–water partition coefficient (Wildman–Crippen LogP) is 1.29. The van der Waals surface area contributed by atoms with Crippen molar-refractivity contribution in [2.75, 3.05) is 20.1 Å². The smallest absolute Gasteiger partial charge is 0.224 e. The summed E-state index contributed by atoms with van der Waals surface area (Å²) in [5.41, 5.74) is 2.11. The van der Waals surface area contributed by atoms with E-state index in [2.05, 4.69) is 22.4 Å². The number of rotatable bonds is 3. The van der Waals surface area contributed by atoms with E-state index in [-0.39, 0.29) is 11.8 Å². The van der Waals surface area contributed by atoms with E-state index in [0.29, 0.717) is 6.54 Å². The maximum absolute atomic E-state index is 12.2. The minimum absolute atomic E-state index is 0.121. The fraction of sp³-hybridized carbons (Fsp3) is 0.467. The first kappa shape index (κ1) is 13.1. The van der Waals surface area contributed by atoms with Gasteiger partial charge in [0, 0.05) is 24.8 Å². The lowest BCUT2D eigenvalue weighted by atomic mass is 9.97. The number of likely N-dealkylation sites (tertiary alicyclic amines) is 1. The highest BCUT2D eigenvalue weighted by Crippen LogP contribution is 2.16. The summed E-state index contributed by atoms with van der Waals surface area (Å²) in [4.78, 5) is 14.4. The molecule has 5 nitrogen and oxygen atoms in total. The largest absolute Gasteiger partial charge is 0.352 e. The van der Waals surface area contributed by atoms with Gasteiger partial charge in [-0.05, 0) is 38.6 Å². The van der Waals surface area contributed by atoms with Crippen LogP contribution >= 0.6 is 0 Å². The number of hydrogen-bond donors (Lipinski definition) is 1. The van der Waals surface area contributed by atoms with Crippen molar-refractivity contribution in [2.24, 2.45) is 5.92 Å². The number of nitrogens with zero attached hydrogens (tertiary/aromatic N) is 3. The average Bonchev–Trinajstić information content (AvgIpc) is 2.88. The van der Waals surface area contributed by atoms with Gasteiger partial charge < -0.3 is 10.2 Å². The predicted molar refractivity (Wildman–Crippen MR) is 77.3 cm³/mol. The van der Waals surface area contributed by atoms with Gasteiger partial charge >= 0.3 is 0 Å². The van der Waals surface area contributed by atoms with Crippen molar-refractivity contribution in [3.8, 4) is 0 Å². The zero-order valence-electron chi connectivity index (χ0n) is 11.7. The first-order valence-corrected chi connectivity index (χ1v) is 7.11.